The summed E-state index contributed by atoms with van der Waals surface area (Å²) in [7, 11) is 0. The quantitative estimate of drug-likeness (QED) is 0.634. The predicted octanol–water partition coefficient (Wildman–Crippen LogP) is 1.44. The van der Waals surface area contributed by atoms with Crippen molar-refractivity contribution in [2.45, 2.75) is 25.8 Å². The van der Waals surface area contributed by atoms with Gasteiger partial charge in [0, 0.05) is 43.9 Å². The number of nitrogens with zero attached hydrogens (tertiary/aromatic N) is 6. The Morgan fingerprint density at radius 3 is 2.52 bits per heavy atom. The van der Waals surface area contributed by atoms with Crippen molar-refractivity contribution in [3.05, 3.63) is 65.6 Å². The lowest BCUT2D eigenvalue weighted by Crippen LogP contribution is -2.42. The van der Waals surface area contributed by atoms with Gasteiger partial charge in [0.25, 0.3) is 5.91 Å². The van der Waals surface area contributed by atoms with Crippen LogP contribution in [0.15, 0.2) is 47.1 Å². The molecule has 31 heavy (non-hydrogen) atoms. The smallest absolute Gasteiger partial charge is 0.253 e. The van der Waals surface area contributed by atoms with E-state index in [0.29, 0.717) is 43.5 Å². The van der Waals surface area contributed by atoms with Gasteiger partial charge in [-0.2, -0.15) is 10.1 Å². The first kappa shape index (κ1) is 19.5. The molecule has 1 aromatic carbocycles. The SMILES string of the molecule is Cc1ccn(CC(=O)N2C[C@H]3CN(C(=O)c4ccccc4)C[C@@]3(c3nc(C)no3)C2)n1. The molecule has 2 aliphatic heterocycles. The molecule has 2 amide bonds. The number of rotatable bonds is 4. The minimum atomic E-state index is -0.554. The number of carbonyl (C=O) groups excluding carboxylic acids is 2. The summed E-state index contributed by atoms with van der Waals surface area (Å²) in [5, 5.41) is 8.30. The second kappa shape index (κ2) is 7.33. The van der Waals surface area contributed by atoms with Gasteiger partial charge in [-0.15, -0.1) is 0 Å². The number of benzene rings is 1. The predicted molar refractivity (Wildman–Crippen MR) is 110 cm³/mol. The highest BCUT2D eigenvalue weighted by molar-refractivity contribution is 5.94. The number of fused-ring (bicyclic) bond motifs is 1. The minimum absolute atomic E-state index is 0.00551. The van der Waals surface area contributed by atoms with Gasteiger partial charge in [-0.05, 0) is 32.0 Å². The van der Waals surface area contributed by atoms with E-state index in [0.717, 1.165) is 5.69 Å². The lowest BCUT2D eigenvalue weighted by molar-refractivity contribution is -0.131. The molecular formula is C22H24N6O3. The fraction of sp³-hybridized carbons (Fsp3) is 0.409. The summed E-state index contributed by atoms with van der Waals surface area (Å²) >= 11 is 0. The highest BCUT2D eigenvalue weighted by atomic mass is 16.5. The topological polar surface area (TPSA) is 97.4 Å². The monoisotopic (exact) mass is 420 g/mol. The summed E-state index contributed by atoms with van der Waals surface area (Å²) in [6, 6.07) is 11.1. The average Bonchev–Trinajstić information content (AvgIpc) is 3.51. The third-order valence-electron chi connectivity index (χ3n) is 6.29. The number of hydrogen-bond acceptors (Lipinski definition) is 6. The van der Waals surface area contributed by atoms with E-state index < -0.39 is 5.41 Å². The van der Waals surface area contributed by atoms with Crippen molar-refractivity contribution in [2.75, 3.05) is 26.2 Å². The van der Waals surface area contributed by atoms with E-state index in [1.807, 2.05) is 59.3 Å². The molecule has 3 aromatic rings. The van der Waals surface area contributed by atoms with Crippen LogP contribution < -0.4 is 0 Å². The molecule has 0 bridgehead atoms. The Morgan fingerprint density at radius 2 is 1.84 bits per heavy atom. The van der Waals surface area contributed by atoms with E-state index in [-0.39, 0.29) is 24.3 Å². The molecule has 2 atom stereocenters. The van der Waals surface area contributed by atoms with Gasteiger partial charge in [-0.3, -0.25) is 14.3 Å². The highest BCUT2D eigenvalue weighted by Gasteiger charge is 2.58. The third-order valence-corrected chi connectivity index (χ3v) is 6.29. The van der Waals surface area contributed by atoms with E-state index in [1.54, 1.807) is 11.6 Å². The molecule has 9 nitrogen and oxygen atoms in total. The molecule has 0 radical (unpaired) electrons. The van der Waals surface area contributed by atoms with Crippen LogP contribution in [0.5, 0.6) is 0 Å². The van der Waals surface area contributed by atoms with E-state index in [9.17, 15) is 9.59 Å². The van der Waals surface area contributed by atoms with Crippen molar-refractivity contribution >= 4 is 11.8 Å². The number of carbonyl (C=O) groups is 2. The van der Waals surface area contributed by atoms with E-state index >= 15 is 0 Å². The van der Waals surface area contributed by atoms with Crippen molar-refractivity contribution < 1.29 is 14.1 Å². The van der Waals surface area contributed by atoms with Crippen molar-refractivity contribution in [3.8, 4) is 0 Å². The van der Waals surface area contributed by atoms with Gasteiger partial charge in [0.1, 0.15) is 6.54 Å². The Balaban J connectivity index is 1.39. The van der Waals surface area contributed by atoms with Gasteiger partial charge >= 0.3 is 0 Å². The summed E-state index contributed by atoms with van der Waals surface area (Å²) in [5.41, 5.74) is 0.974. The van der Waals surface area contributed by atoms with Crippen molar-refractivity contribution in [1.82, 2.24) is 29.7 Å². The summed E-state index contributed by atoms with van der Waals surface area (Å²) in [6.07, 6.45) is 1.81. The summed E-state index contributed by atoms with van der Waals surface area (Å²) in [4.78, 5) is 34.3. The van der Waals surface area contributed by atoms with Crippen LogP contribution in [0.1, 0.15) is 27.8 Å². The van der Waals surface area contributed by atoms with Crippen LogP contribution >= 0.6 is 0 Å². The zero-order chi connectivity index (χ0) is 21.6. The Bertz CT molecular complexity index is 1120. The third kappa shape index (κ3) is 3.39. The molecule has 0 N–H and O–H groups in total. The van der Waals surface area contributed by atoms with Gasteiger partial charge in [-0.25, -0.2) is 0 Å². The molecule has 2 aliphatic rings. The van der Waals surface area contributed by atoms with Gasteiger partial charge in [0.2, 0.25) is 11.8 Å². The molecular weight excluding hydrogens is 396 g/mol. The van der Waals surface area contributed by atoms with Crippen molar-refractivity contribution in [1.29, 1.82) is 0 Å². The van der Waals surface area contributed by atoms with Gasteiger partial charge in [-0.1, -0.05) is 23.4 Å². The maximum Gasteiger partial charge on any atom is 0.253 e. The van der Waals surface area contributed by atoms with Crippen molar-refractivity contribution in [3.63, 3.8) is 0 Å². The Morgan fingerprint density at radius 1 is 1.10 bits per heavy atom. The van der Waals surface area contributed by atoms with Crippen molar-refractivity contribution in [2.24, 2.45) is 5.92 Å². The minimum Gasteiger partial charge on any atom is -0.340 e. The molecule has 0 saturated carbocycles. The standard InChI is InChI=1S/C22H24N6O3/c1-15-8-9-28(24-15)12-19(29)26-10-18-11-27(20(30)17-6-4-3-5-7-17)14-22(18,13-26)21-23-16(2)25-31-21/h3-9,18H,10-14H2,1-2H3/t18-,22-/m0/s1. The van der Waals surface area contributed by atoms with E-state index in [1.165, 1.54) is 0 Å². The van der Waals surface area contributed by atoms with Crippen LogP contribution in [-0.4, -0.2) is 67.7 Å². The van der Waals surface area contributed by atoms with Crippen LogP contribution in [0, 0.1) is 19.8 Å². The molecule has 9 heteroatoms. The number of amides is 2. The fourth-order valence-electron chi connectivity index (χ4n) is 4.76. The Labute approximate surface area is 179 Å². The Kier molecular flexibility index (Phi) is 4.60. The van der Waals surface area contributed by atoms with E-state index in [2.05, 4.69) is 15.2 Å². The van der Waals surface area contributed by atoms with Gasteiger partial charge in [0.05, 0.1) is 11.1 Å². The van der Waals surface area contributed by atoms with Gasteiger partial charge < -0.3 is 14.3 Å². The lowest BCUT2D eigenvalue weighted by Gasteiger charge is -2.26. The first-order valence-corrected chi connectivity index (χ1v) is 10.4. The number of likely N-dealkylation sites (tertiary alicyclic amines) is 2. The molecule has 0 unspecified atom stereocenters. The van der Waals surface area contributed by atoms with E-state index in [4.69, 9.17) is 4.52 Å². The summed E-state index contributed by atoms with van der Waals surface area (Å²) in [5.74, 6) is 1.06. The van der Waals surface area contributed by atoms with Crippen LogP contribution in [0.4, 0.5) is 0 Å². The first-order chi connectivity index (χ1) is 14.9. The average molecular weight is 420 g/mol. The summed E-state index contributed by atoms with van der Waals surface area (Å²) < 4.78 is 7.24. The van der Waals surface area contributed by atoms with Crippen LogP contribution in [0.25, 0.3) is 0 Å². The fourth-order valence-corrected chi connectivity index (χ4v) is 4.76. The zero-order valence-corrected chi connectivity index (χ0v) is 17.6. The highest BCUT2D eigenvalue weighted by Crippen LogP contribution is 2.44. The molecule has 4 heterocycles. The van der Waals surface area contributed by atoms with Crippen LogP contribution in [-0.2, 0) is 16.8 Å². The largest absolute Gasteiger partial charge is 0.340 e. The molecule has 0 spiro atoms. The first-order valence-electron chi connectivity index (χ1n) is 10.4. The second-order valence-corrected chi connectivity index (χ2v) is 8.48. The number of aromatic nitrogens is 4. The maximum atomic E-state index is 13.1. The zero-order valence-electron chi connectivity index (χ0n) is 17.6. The molecule has 2 fully saturated rings. The molecule has 2 saturated heterocycles. The van der Waals surface area contributed by atoms with Crippen LogP contribution in [0.3, 0.4) is 0 Å². The second-order valence-electron chi connectivity index (χ2n) is 8.48. The normalized spacial score (nSPS) is 22.7. The molecule has 2 aromatic heterocycles. The number of hydrogen-bond donors (Lipinski definition) is 0. The molecule has 160 valence electrons. The lowest BCUT2D eigenvalue weighted by atomic mass is 9.81. The molecule has 0 aliphatic carbocycles. The van der Waals surface area contributed by atoms with Gasteiger partial charge in [0.15, 0.2) is 5.82 Å². The Hall–Kier alpha value is -3.49. The van der Waals surface area contributed by atoms with Crippen LogP contribution in [0.2, 0.25) is 0 Å². The molecule has 5 rings (SSSR count). The number of aryl methyl sites for hydroxylation is 2. The maximum absolute atomic E-state index is 13.1. The summed E-state index contributed by atoms with van der Waals surface area (Å²) in [6.45, 7) is 5.82.